The average molecular weight is 328 g/mol. The van der Waals surface area contributed by atoms with E-state index in [-0.39, 0.29) is 12.1 Å². The van der Waals surface area contributed by atoms with Gasteiger partial charge in [-0.3, -0.25) is 4.90 Å². The molecule has 0 bridgehead atoms. The Morgan fingerprint density at radius 1 is 1.32 bits per heavy atom. The average Bonchev–Trinajstić information content (AvgIpc) is 2.18. The largest absolute Gasteiger partial charge is 0.443 e. The highest BCUT2D eigenvalue weighted by Crippen LogP contribution is 2.30. The van der Waals surface area contributed by atoms with E-state index >= 15 is 0 Å². The second-order valence-electron chi connectivity index (χ2n) is 5.90. The molecule has 0 radical (unpaired) electrons. The van der Waals surface area contributed by atoms with Crippen molar-refractivity contribution >= 4 is 27.7 Å². The first kappa shape index (κ1) is 16.0. The number of nitrogens with zero attached hydrogens (tertiary/aromatic N) is 1. The van der Waals surface area contributed by atoms with Gasteiger partial charge >= 0.3 is 6.09 Å². The molecule has 0 aliphatic heterocycles. The van der Waals surface area contributed by atoms with Crippen LogP contribution in [0, 0.1) is 6.92 Å². The summed E-state index contributed by atoms with van der Waals surface area (Å²) in [7, 11) is 0. The summed E-state index contributed by atoms with van der Waals surface area (Å²) >= 11 is 3.51. The van der Waals surface area contributed by atoms with Gasteiger partial charge in [-0.1, -0.05) is 6.07 Å². The summed E-state index contributed by atoms with van der Waals surface area (Å²) in [6, 6.07) is 5.94. The third kappa shape index (κ3) is 4.53. The molecule has 0 aliphatic carbocycles. The maximum absolute atomic E-state index is 12.3. The summed E-state index contributed by atoms with van der Waals surface area (Å²) < 4.78 is 6.36. The molecule has 0 saturated carbocycles. The van der Waals surface area contributed by atoms with Gasteiger partial charge in [-0.15, -0.1) is 0 Å². The molecule has 0 N–H and O–H groups in total. The molecule has 1 rings (SSSR count). The Kier molecular flexibility index (Phi) is 5.02. The number of hydrogen-bond acceptors (Lipinski definition) is 2. The number of halogens is 1. The summed E-state index contributed by atoms with van der Waals surface area (Å²) in [5.74, 6) is 0. The van der Waals surface area contributed by atoms with E-state index in [1.165, 1.54) is 0 Å². The fourth-order valence-corrected chi connectivity index (χ4v) is 2.39. The highest BCUT2D eigenvalue weighted by Gasteiger charge is 2.26. The SMILES string of the molecule is Cc1ccc(N(C(=O)OC(C)(C)C)C(C)C)c(Br)c1. The van der Waals surface area contributed by atoms with Crippen LogP contribution in [0.4, 0.5) is 10.5 Å². The molecule has 1 aromatic carbocycles. The minimum atomic E-state index is -0.499. The zero-order chi connectivity index (χ0) is 14.8. The van der Waals surface area contributed by atoms with Crippen LogP contribution < -0.4 is 4.90 Å². The molecule has 3 nitrogen and oxygen atoms in total. The molecule has 0 saturated heterocycles. The van der Waals surface area contributed by atoms with E-state index in [0.717, 1.165) is 15.7 Å². The van der Waals surface area contributed by atoms with E-state index in [9.17, 15) is 4.79 Å². The topological polar surface area (TPSA) is 29.5 Å². The van der Waals surface area contributed by atoms with Gasteiger partial charge in [0.05, 0.1) is 5.69 Å². The van der Waals surface area contributed by atoms with Crippen molar-refractivity contribution in [2.45, 2.75) is 53.2 Å². The summed E-state index contributed by atoms with van der Waals surface area (Å²) in [6.45, 7) is 11.6. The third-order valence-corrected chi connectivity index (χ3v) is 3.10. The zero-order valence-electron chi connectivity index (χ0n) is 12.5. The van der Waals surface area contributed by atoms with Crippen LogP contribution in [0.2, 0.25) is 0 Å². The molecular formula is C15H22BrNO2. The van der Waals surface area contributed by atoms with E-state index in [0.29, 0.717) is 0 Å². The number of carbonyl (C=O) groups is 1. The monoisotopic (exact) mass is 327 g/mol. The second kappa shape index (κ2) is 5.95. The number of carbonyl (C=O) groups excluding carboxylic acids is 1. The van der Waals surface area contributed by atoms with Crippen LogP contribution in [0.3, 0.4) is 0 Å². The first-order valence-corrected chi connectivity index (χ1v) is 7.19. The zero-order valence-corrected chi connectivity index (χ0v) is 14.0. The van der Waals surface area contributed by atoms with E-state index < -0.39 is 5.60 Å². The van der Waals surface area contributed by atoms with Crippen molar-refractivity contribution in [2.75, 3.05) is 4.90 Å². The van der Waals surface area contributed by atoms with Crippen LogP contribution in [0.1, 0.15) is 40.2 Å². The summed E-state index contributed by atoms with van der Waals surface area (Å²) in [5, 5.41) is 0. The molecule has 19 heavy (non-hydrogen) atoms. The number of ether oxygens (including phenoxy) is 1. The van der Waals surface area contributed by atoms with Gasteiger partial charge in [0.2, 0.25) is 0 Å². The number of anilines is 1. The van der Waals surface area contributed by atoms with Gasteiger partial charge in [-0.05, 0) is 75.2 Å². The first-order chi connectivity index (χ1) is 8.61. The first-order valence-electron chi connectivity index (χ1n) is 6.40. The van der Waals surface area contributed by atoms with Gasteiger partial charge in [-0.25, -0.2) is 4.79 Å². The van der Waals surface area contributed by atoms with Gasteiger partial charge in [0.25, 0.3) is 0 Å². The van der Waals surface area contributed by atoms with Gasteiger partial charge in [0.15, 0.2) is 0 Å². The molecule has 1 aromatic rings. The Balaban J connectivity index is 3.11. The standard InChI is InChI=1S/C15H22BrNO2/c1-10(2)17(14(18)19-15(4,5)6)13-8-7-11(3)9-12(13)16/h7-10H,1-6H3. The highest BCUT2D eigenvalue weighted by atomic mass is 79.9. The van der Waals surface area contributed by atoms with E-state index in [1.54, 1.807) is 4.90 Å². The van der Waals surface area contributed by atoms with Gasteiger partial charge < -0.3 is 4.74 Å². The lowest BCUT2D eigenvalue weighted by Gasteiger charge is -2.30. The minimum absolute atomic E-state index is 0.0221. The van der Waals surface area contributed by atoms with Crippen molar-refractivity contribution in [3.05, 3.63) is 28.2 Å². The van der Waals surface area contributed by atoms with Crippen LogP contribution in [0.15, 0.2) is 22.7 Å². The van der Waals surface area contributed by atoms with Crippen LogP contribution >= 0.6 is 15.9 Å². The van der Waals surface area contributed by atoms with Crippen molar-refractivity contribution in [3.8, 4) is 0 Å². The molecule has 106 valence electrons. The number of rotatable bonds is 2. The Morgan fingerprint density at radius 2 is 1.89 bits per heavy atom. The van der Waals surface area contributed by atoms with Crippen molar-refractivity contribution in [1.82, 2.24) is 0 Å². The smallest absolute Gasteiger partial charge is 0.415 e. The molecule has 4 heteroatoms. The van der Waals surface area contributed by atoms with E-state index in [1.807, 2.05) is 59.7 Å². The van der Waals surface area contributed by atoms with E-state index in [4.69, 9.17) is 4.74 Å². The lowest BCUT2D eigenvalue weighted by atomic mass is 10.2. The summed E-state index contributed by atoms with van der Waals surface area (Å²) in [6.07, 6.45) is -0.327. The molecule has 0 aliphatic rings. The van der Waals surface area contributed by atoms with Crippen molar-refractivity contribution < 1.29 is 9.53 Å². The molecule has 0 heterocycles. The predicted molar refractivity (Wildman–Crippen MR) is 82.7 cm³/mol. The lowest BCUT2D eigenvalue weighted by Crippen LogP contribution is -2.41. The van der Waals surface area contributed by atoms with Crippen LogP contribution in [-0.4, -0.2) is 17.7 Å². The van der Waals surface area contributed by atoms with Crippen LogP contribution in [0.5, 0.6) is 0 Å². The Labute approximate surface area is 124 Å². The Hall–Kier alpha value is -1.03. The molecule has 0 fully saturated rings. The van der Waals surface area contributed by atoms with E-state index in [2.05, 4.69) is 15.9 Å². The van der Waals surface area contributed by atoms with Crippen molar-refractivity contribution in [1.29, 1.82) is 0 Å². The molecule has 0 spiro atoms. The molecule has 0 atom stereocenters. The lowest BCUT2D eigenvalue weighted by molar-refractivity contribution is 0.0570. The van der Waals surface area contributed by atoms with Crippen LogP contribution in [0.25, 0.3) is 0 Å². The molecule has 1 amide bonds. The second-order valence-corrected chi connectivity index (χ2v) is 6.75. The summed E-state index contributed by atoms with van der Waals surface area (Å²) in [5.41, 5.74) is 1.47. The fraction of sp³-hybridized carbons (Fsp3) is 0.533. The Morgan fingerprint density at radius 3 is 2.32 bits per heavy atom. The number of benzene rings is 1. The third-order valence-electron chi connectivity index (χ3n) is 2.47. The highest BCUT2D eigenvalue weighted by molar-refractivity contribution is 9.10. The number of hydrogen-bond donors (Lipinski definition) is 0. The number of aryl methyl sites for hydroxylation is 1. The van der Waals surface area contributed by atoms with Crippen molar-refractivity contribution in [3.63, 3.8) is 0 Å². The maximum atomic E-state index is 12.3. The molecule has 0 aromatic heterocycles. The molecular weight excluding hydrogens is 306 g/mol. The summed E-state index contributed by atoms with van der Waals surface area (Å²) in [4.78, 5) is 14.0. The van der Waals surface area contributed by atoms with Gasteiger partial charge in [-0.2, -0.15) is 0 Å². The maximum Gasteiger partial charge on any atom is 0.415 e. The quantitative estimate of drug-likeness (QED) is 0.772. The van der Waals surface area contributed by atoms with Crippen molar-refractivity contribution in [2.24, 2.45) is 0 Å². The Bertz CT molecular complexity index is 464. The number of amides is 1. The predicted octanol–water partition coefficient (Wildman–Crippen LogP) is 4.91. The van der Waals surface area contributed by atoms with Gasteiger partial charge in [0, 0.05) is 10.5 Å². The van der Waals surface area contributed by atoms with Crippen LogP contribution in [-0.2, 0) is 4.74 Å². The van der Waals surface area contributed by atoms with Gasteiger partial charge in [0.1, 0.15) is 5.60 Å². The molecule has 0 unspecified atom stereocenters. The normalized spacial score (nSPS) is 11.6. The fourth-order valence-electron chi connectivity index (χ4n) is 1.71. The minimum Gasteiger partial charge on any atom is -0.443 e.